The molecule has 0 saturated carbocycles. The molecule has 0 radical (unpaired) electrons. The molecule has 1 fully saturated rings. The van der Waals surface area contributed by atoms with Gasteiger partial charge in [-0.2, -0.15) is 0 Å². The van der Waals surface area contributed by atoms with Gasteiger partial charge in [-0.05, 0) is 45.6 Å². The second-order valence-corrected chi connectivity index (χ2v) is 7.11. The molecule has 0 aromatic carbocycles. The molecule has 0 aliphatic carbocycles. The normalized spacial score (nSPS) is 21.0. The van der Waals surface area contributed by atoms with Crippen LogP contribution in [0.4, 0.5) is 4.79 Å². The van der Waals surface area contributed by atoms with E-state index in [1.54, 1.807) is 16.2 Å². The van der Waals surface area contributed by atoms with E-state index in [0.29, 0.717) is 13.1 Å². The van der Waals surface area contributed by atoms with Crippen molar-refractivity contribution in [1.82, 2.24) is 4.90 Å². The molecule has 2 heterocycles. The van der Waals surface area contributed by atoms with E-state index in [2.05, 4.69) is 18.4 Å². The van der Waals surface area contributed by atoms with Gasteiger partial charge in [-0.3, -0.25) is 0 Å². The highest BCUT2D eigenvalue weighted by Crippen LogP contribution is 2.26. The van der Waals surface area contributed by atoms with Crippen LogP contribution in [0, 0.1) is 0 Å². The molecule has 1 saturated heterocycles. The molecule has 0 spiro atoms. The Kier molecular flexibility index (Phi) is 4.70. The largest absolute Gasteiger partial charge is 0.444 e. The number of carbonyl (C=O) groups excluding carboxylic acids is 1. The van der Waals surface area contributed by atoms with Crippen molar-refractivity contribution in [2.24, 2.45) is 0 Å². The van der Waals surface area contributed by atoms with Crippen LogP contribution in [0.2, 0.25) is 0 Å². The highest BCUT2D eigenvalue weighted by atomic mass is 32.1. The average Bonchev–Trinajstić information content (AvgIpc) is 2.97. The van der Waals surface area contributed by atoms with Crippen molar-refractivity contribution >= 4 is 17.4 Å². The van der Waals surface area contributed by atoms with Gasteiger partial charge in [0.05, 0.1) is 18.8 Å². The second-order valence-electron chi connectivity index (χ2n) is 6.13. The van der Waals surface area contributed by atoms with Crippen molar-refractivity contribution in [1.29, 1.82) is 0 Å². The Bertz CT molecular complexity index is 438. The van der Waals surface area contributed by atoms with Crippen LogP contribution in [0.15, 0.2) is 17.5 Å². The third-order valence-electron chi connectivity index (χ3n) is 3.14. The third-order valence-corrected chi connectivity index (χ3v) is 4.17. The molecular weight excluding hydrogens is 274 g/mol. The maximum absolute atomic E-state index is 12.0. The Morgan fingerprint density at radius 1 is 1.50 bits per heavy atom. The maximum Gasteiger partial charge on any atom is 0.410 e. The minimum atomic E-state index is -0.444. The lowest BCUT2D eigenvalue weighted by molar-refractivity contribution is -0.00253. The number of hydrogen-bond donors (Lipinski definition) is 0. The fourth-order valence-electron chi connectivity index (χ4n) is 2.21. The summed E-state index contributed by atoms with van der Waals surface area (Å²) in [6.45, 7) is 9.03. The first-order chi connectivity index (χ1) is 9.35. The number of rotatable bonds is 3. The molecular formula is C15H23NO3S. The first-order valence-electron chi connectivity index (χ1n) is 7.02. The molecule has 1 aromatic heterocycles. The molecule has 5 heteroatoms. The Hall–Kier alpha value is -1.07. The number of carbonyl (C=O) groups is 1. The predicted octanol–water partition coefficient (Wildman–Crippen LogP) is 3.84. The van der Waals surface area contributed by atoms with Gasteiger partial charge in [-0.1, -0.05) is 6.07 Å². The molecule has 0 unspecified atom stereocenters. The number of hydrogen-bond acceptors (Lipinski definition) is 4. The fourth-order valence-corrected chi connectivity index (χ4v) is 2.93. The van der Waals surface area contributed by atoms with Crippen molar-refractivity contribution in [3.05, 3.63) is 22.4 Å². The summed E-state index contributed by atoms with van der Waals surface area (Å²) >= 11 is 1.70. The number of amides is 1. The van der Waals surface area contributed by atoms with Gasteiger partial charge < -0.3 is 14.4 Å². The van der Waals surface area contributed by atoms with Crippen LogP contribution in [0.3, 0.4) is 0 Å². The van der Waals surface area contributed by atoms with E-state index < -0.39 is 5.60 Å². The quantitative estimate of drug-likeness (QED) is 0.851. The molecule has 0 N–H and O–H groups in total. The standard InChI is InChI=1S/C15H23NO3S/c1-11(13-6-5-9-20-13)18-12-7-8-16(10-12)14(17)19-15(2,3)4/h5-6,9,11-12H,7-8,10H2,1-4H3/t11-,12-/m1/s1. The Morgan fingerprint density at radius 2 is 2.25 bits per heavy atom. The summed E-state index contributed by atoms with van der Waals surface area (Å²) in [6.07, 6.45) is 0.806. The molecule has 112 valence electrons. The van der Waals surface area contributed by atoms with Crippen LogP contribution in [-0.2, 0) is 9.47 Å². The minimum absolute atomic E-state index is 0.0820. The minimum Gasteiger partial charge on any atom is -0.444 e. The van der Waals surface area contributed by atoms with Crippen LogP contribution < -0.4 is 0 Å². The monoisotopic (exact) mass is 297 g/mol. The zero-order valence-electron chi connectivity index (χ0n) is 12.6. The zero-order chi connectivity index (χ0) is 14.8. The van der Waals surface area contributed by atoms with Gasteiger partial charge in [0.2, 0.25) is 0 Å². The van der Waals surface area contributed by atoms with Crippen molar-refractivity contribution in [3.63, 3.8) is 0 Å². The third kappa shape index (κ3) is 4.21. The first kappa shape index (κ1) is 15.3. The topological polar surface area (TPSA) is 38.8 Å². The Balaban J connectivity index is 1.82. The van der Waals surface area contributed by atoms with Crippen LogP contribution in [0.25, 0.3) is 0 Å². The van der Waals surface area contributed by atoms with Gasteiger partial charge in [-0.15, -0.1) is 11.3 Å². The van der Waals surface area contributed by atoms with E-state index in [1.807, 2.05) is 26.8 Å². The Morgan fingerprint density at radius 3 is 2.85 bits per heavy atom. The summed E-state index contributed by atoms with van der Waals surface area (Å²) < 4.78 is 11.4. The van der Waals surface area contributed by atoms with Crippen molar-refractivity contribution in [2.75, 3.05) is 13.1 Å². The summed E-state index contributed by atoms with van der Waals surface area (Å²) in [7, 11) is 0. The van der Waals surface area contributed by atoms with Gasteiger partial charge in [0.25, 0.3) is 0 Å². The molecule has 20 heavy (non-hydrogen) atoms. The van der Waals surface area contributed by atoms with Crippen molar-refractivity contribution in [2.45, 2.75) is 51.9 Å². The van der Waals surface area contributed by atoms with E-state index in [9.17, 15) is 4.79 Å². The molecule has 0 bridgehead atoms. The summed E-state index contributed by atoms with van der Waals surface area (Å²) in [5, 5.41) is 2.05. The van der Waals surface area contributed by atoms with Gasteiger partial charge >= 0.3 is 6.09 Å². The smallest absolute Gasteiger partial charge is 0.410 e. The van der Waals surface area contributed by atoms with E-state index in [-0.39, 0.29) is 18.3 Å². The highest BCUT2D eigenvalue weighted by molar-refractivity contribution is 7.10. The first-order valence-corrected chi connectivity index (χ1v) is 7.90. The van der Waals surface area contributed by atoms with Crippen LogP contribution >= 0.6 is 11.3 Å². The maximum atomic E-state index is 12.0. The van der Waals surface area contributed by atoms with Gasteiger partial charge in [-0.25, -0.2) is 4.79 Å². The molecule has 1 aliphatic rings. The summed E-state index contributed by atoms with van der Waals surface area (Å²) in [5.41, 5.74) is -0.444. The zero-order valence-corrected chi connectivity index (χ0v) is 13.4. The van der Waals surface area contributed by atoms with Gasteiger partial charge in [0.15, 0.2) is 0 Å². The summed E-state index contributed by atoms with van der Waals surface area (Å²) in [4.78, 5) is 14.9. The van der Waals surface area contributed by atoms with E-state index >= 15 is 0 Å². The molecule has 2 atom stereocenters. The summed E-state index contributed by atoms with van der Waals surface area (Å²) in [5.74, 6) is 0. The highest BCUT2D eigenvalue weighted by Gasteiger charge is 2.31. The lowest BCUT2D eigenvalue weighted by Gasteiger charge is -2.24. The number of thiophene rings is 1. The average molecular weight is 297 g/mol. The molecule has 2 rings (SSSR count). The van der Waals surface area contributed by atoms with Gasteiger partial charge in [0, 0.05) is 11.4 Å². The number of ether oxygens (including phenoxy) is 2. The molecule has 1 aromatic rings. The van der Waals surface area contributed by atoms with E-state index in [4.69, 9.17) is 9.47 Å². The Labute approximate surface area is 124 Å². The van der Waals surface area contributed by atoms with Crippen LogP contribution in [0.1, 0.15) is 45.1 Å². The predicted molar refractivity (Wildman–Crippen MR) is 80.0 cm³/mol. The van der Waals surface area contributed by atoms with Crippen LogP contribution in [0.5, 0.6) is 0 Å². The lowest BCUT2D eigenvalue weighted by Crippen LogP contribution is -2.36. The van der Waals surface area contributed by atoms with E-state index in [0.717, 1.165) is 6.42 Å². The number of likely N-dealkylation sites (tertiary alicyclic amines) is 1. The SMILES string of the molecule is C[C@@H](O[C@@H]1CCN(C(=O)OC(C)(C)C)C1)c1cccs1. The molecule has 4 nitrogen and oxygen atoms in total. The van der Waals surface area contributed by atoms with Crippen LogP contribution in [-0.4, -0.2) is 35.8 Å². The van der Waals surface area contributed by atoms with Gasteiger partial charge in [0.1, 0.15) is 5.60 Å². The second kappa shape index (κ2) is 6.14. The molecule has 1 amide bonds. The fraction of sp³-hybridized carbons (Fsp3) is 0.667. The van der Waals surface area contributed by atoms with E-state index in [1.165, 1.54) is 4.88 Å². The lowest BCUT2D eigenvalue weighted by atomic mass is 10.2. The van der Waals surface area contributed by atoms with Crippen molar-refractivity contribution < 1.29 is 14.3 Å². The summed E-state index contributed by atoms with van der Waals surface area (Å²) in [6, 6.07) is 4.11. The number of nitrogens with zero attached hydrogens (tertiary/aromatic N) is 1. The molecule has 1 aliphatic heterocycles. The van der Waals surface area contributed by atoms with Crippen molar-refractivity contribution in [3.8, 4) is 0 Å².